The summed E-state index contributed by atoms with van der Waals surface area (Å²) in [6.07, 6.45) is 19.3. The fourth-order valence-electron chi connectivity index (χ4n) is 4.74. The average molecular weight is 557 g/mol. The van der Waals surface area contributed by atoms with Gasteiger partial charge in [-0.15, -0.1) is 0 Å². The maximum atomic E-state index is 12.5. The summed E-state index contributed by atoms with van der Waals surface area (Å²) in [6, 6.07) is 9.73. The second-order valence-corrected chi connectivity index (χ2v) is 12.8. The van der Waals surface area contributed by atoms with Gasteiger partial charge in [0.1, 0.15) is 4.90 Å². The van der Waals surface area contributed by atoms with E-state index in [-0.39, 0.29) is 4.90 Å². The molecule has 0 unspecified atom stereocenters. The van der Waals surface area contributed by atoms with E-state index in [0.717, 1.165) is 48.6 Å². The Morgan fingerprint density at radius 2 is 1.08 bits per heavy atom. The summed E-state index contributed by atoms with van der Waals surface area (Å²) < 4.78 is 60.9. The smallest absolute Gasteiger partial charge is 0.286 e. The number of rotatable bonds is 17. The molecule has 2 N–H and O–H groups in total. The summed E-state index contributed by atoms with van der Waals surface area (Å²) in [6.45, 7) is 4.46. The van der Waals surface area contributed by atoms with Crippen molar-refractivity contribution in [1.29, 1.82) is 0 Å². The van der Waals surface area contributed by atoms with E-state index in [1.807, 2.05) is 24.3 Å². The number of hydrogen-bond donors (Lipinski definition) is 2. The third-order valence-corrected chi connectivity index (χ3v) is 7.52. The van der Waals surface area contributed by atoms with E-state index >= 15 is 0 Å². The van der Waals surface area contributed by atoms with Crippen LogP contribution in [0.3, 0.4) is 0 Å². The molecule has 0 fully saturated rings. The van der Waals surface area contributed by atoms with Gasteiger partial charge in [-0.25, -0.2) is 0 Å². The Morgan fingerprint density at radius 3 is 1.57 bits per heavy atom. The molecule has 0 bridgehead atoms. The zero-order chi connectivity index (χ0) is 27.7. The molecule has 0 radical (unpaired) electrons. The van der Waals surface area contributed by atoms with Crippen LogP contribution in [0.4, 0.5) is 0 Å². The molecule has 0 aromatic heterocycles. The molecule has 0 atom stereocenters. The van der Waals surface area contributed by atoms with Crippen molar-refractivity contribution in [2.75, 3.05) is 6.26 Å². The molecule has 0 heterocycles. The van der Waals surface area contributed by atoms with E-state index in [1.165, 1.54) is 70.6 Å². The second-order valence-electron chi connectivity index (χ2n) is 10.0. The molecule has 212 valence electrons. The largest absolute Gasteiger partial charge is 0.295 e. The molecule has 0 aliphatic rings. The van der Waals surface area contributed by atoms with Gasteiger partial charge in [-0.3, -0.25) is 9.11 Å². The topological polar surface area (TPSA) is 109 Å². The number of hydrogen-bond acceptors (Lipinski definition) is 4. The molecule has 0 saturated heterocycles. The minimum atomic E-state index is -4.28. The summed E-state index contributed by atoms with van der Waals surface area (Å²) in [7, 11) is -7.95. The Labute approximate surface area is 225 Å². The zero-order valence-electron chi connectivity index (χ0n) is 23.0. The first kappa shape index (κ1) is 33.5. The SMILES string of the molecule is CCCCCCCCCc1cc2ccccc2c(S(=O)(=O)O)c1CCCCCCCCC.CS(=O)(=O)O. The van der Waals surface area contributed by atoms with Crippen LogP contribution in [0, 0.1) is 0 Å². The molecule has 6 nitrogen and oxygen atoms in total. The molecular formula is C29H48O6S2. The standard InChI is InChI=1S/C28H44O3S.CH4O3S/c1-3-5-7-9-11-13-15-19-24-23-25-20-17-18-22-27(25)28(32(29,30)31)26(24)21-16-14-12-10-8-6-4-2;1-5(2,3)4/h17-18,20,22-23H,3-16,19,21H2,1-2H3,(H,29,30,31);1H3,(H,2,3,4). The Kier molecular flexibility index (Phi) is 16.3. The van der Waals surface area contributed by atoms with Gasteiger partial charge in [0, 0.05) is 5.39 Å². The molecule has 0 amide bonds. The van der Waals surface area contributed by atoms with Crippen molar-refractivity contribution >= 4 is 31.0 Å². The molecule has 2 aromatic carbocycles. The fourth-order valence-corrected chi connectivity index (χ4v) is 5.74. The maximum Gasteiger partial charge on any atom is 0.295 e. The van der Waals surface area contributed by atoms with Gasteiger partial charge in [0.2, 0.25) is 0 Å². The molecule has 8 heteroatoms. The lowest BCUT2D eigenvalue weighted by Crippen LogP contribution is -2.08. The van der Waals surface area contributed by atoms with Gasteiger partial charge in [0.05, 0.1) is 6.26 Å². The first-order valence-electron chi connectivity index (χ1n) is 13.9. The number of aryl methyl sites for hydroxylation is 1. The first-order valence-corrected chi connectivity index (χ1v) is 17.2. The van der Waals surface area contributed by atoms with Crippen molar-refractivity contribution in [2.24, 2.45) is 0 Å². The highest BCUT2D eigenvalue weighted by Gasteiger charge is 2.22. The van der Waals surface area contributed by atoms with Crippen LogP contribution in [0.2, 0.25) is 0 Å². The van der Waals surface area contributed by atoms with Crippen LogP contribution >= 0.6 is 0 Å². The van der Waals surface area contributed by atoms with E-state index in [1.54, 1.807) is 0 Å². The Morgan fingerprint density at radius 1 is 0.649 bits per heavy atom. The highest BCUT2D eigenvalue weighted by Crippen LogP contribution is 2.32. The number of fused-ring (bicyclic) bond motifs is 1. The maximum absolute atomic E-state index is 12.5. The van der Waals surface area contributed by atoms with Crippen LogP contribution in [0.15, 0.2) is 35.2 Å². The number of benzene rings is 2. The van der Waals surface area contributed by atoms with Crippen LogP contribution in [0.1, 0.15) is 115 Å². The Balaban J connectivity index is 0.00000124. The predicted molar refractivity (Wildman–Crippen MR) is 155 cm³/mol. The van der Waals surface area contributed by atoms with Gasteiger partial charge >= 0.3 is 0 Å². The van der Waals surface area contributed by atoms with Gasteiger partial charge in [-0.05, 0) is 42.2 Å². The summed E-state index contributed by atoms with van der Waals surface area (Å²) in [4.78, 5) is 0.152. The van der Waals surface area contributed by atoms with Crippen LogP contribution < -0.4 is 0 Å². The van der Waals surface area contributed by atoms with E-state index in [9.17, 15) is 21.4 Å². The minimum absolute atomic E-state index is 0.152. The predicted octanol–water partition coefficient (Wildman–Crippen LogP) is 8.18. The fraction of sp³-hybridized carbons (Fsp3) is 0.655. The van der Waals surface area contributed by atoms with Crippen LogP contribution in [-0.4, -0.2) is 32.2 Å². The highest BCUT2D eigenvalue weighted by molar-refractivity contribution is 7.86. The molecule has 0 aliphatic heterocycles. The highest BCUT2D eigenvalue weighted by atomic mass is 32.2. The van der Waals surface area contributed by atoms with E-state index in [2.05, 4.69) is 19.9 Å². The molecule has 2 rings (SSSR count). The van der Waals surface area contributed by atoms with Crippen molar-refractivity contribution in [2.45, 2.75) is 121 Å². The van der Waals surface area contributed by atoms with E-state index in [4.69, 9.17) is 4.55 Å². The van der Waals surface area contributed by atoms with Crippen LogP contribution in [0.5, 0.6) is 0 Å². The van der Waals surface area contributed by atoms with Crippen LogP contribution in [0.25, 0.3) is 10.8 Å². The summed E-state index contributed by atoms with van der Waals surface area (Å²) in [5, 5.41) is 1.55. The number of unbranched alkanes of at least 4 members (excludes halogenated alkanes) is 12. The first-order chi connectivity index (χ1) is 17.5. The summed E-state index contributed by atoms with van der Waals surface area (Å²) >= 11 is 0. The molecular weight excluding hydrogens is 508 g/mol. The van der Waals surface area contributed by atoms with E-state index < -0.39 is 20.2 Å². The minimum Gasteiger partial charge on any atom is -0.286 e. The zero-order valence-corrected chi connectivity index (χ0v) is 24.7. The third kappa shape index (κ3) is 14.9. The molecule has 0 spiro atoms. The van der Waals surface area contributed by atoms with Crippen molar-refractivity contribution < 1.29 is 25.9 Å². The normalized spacial score (nSPS) is 11.9. The van der Waals surface area contributed by atoms with Gasteiger partial charge in [-0.2, -0.15) is 16.8 Å². The Bertz CT molecular complexity index is 1120. The summed E-state index contributed by atoms with van der Waals surface area (Å²) in [5.41, 5.74) is 1.96. The average Bonchev–Trinajstić information content (AvgIpc) is 2.81. The third-order valence-electron chi connectivity index (χ3n) is 6.53. The van der Waals surface area contributed by atoms with Crippen molar-refractivity contribution in [3.63, 3.8) is 0 Å². The van der Waals surface area contributed by atoms with Gasteiger partial charge in [0.25, 0.3) is 20.2 Å². The van der Waals surface area contributed by atoms with Gasteiger partial charge in [-0.1, -0.05) is 121 Å². The summed E-state index contributed by atoms with van der Waals surface area (Å²) in [5.74, 6) is 0. The van der Waals surface area contributed by atoms with Crippen molar-refractivity contribution in [3.05, 3.63) is 41.5 Å². The van der Waals surface area contributed by atoms with Gasteiger partial charge in [0.15, 0.2) is 0 Å². The van der Waals surface area contributed by atoms with Crippen LogP contribution in [-0.2, 0) is 33.1 Å². The quantitative estimate of drug-likeness (QED) is 0.150. The second kappa shape index (κ2) is 17.9. The van der Waals surface area contributed by atoms with Gasteiger partial charge < -0.3 is 0 Å². The molecule has 0 aliphatic carbocycles. The van der Waals surface area contributed by atoms with Crippen molar-refractivity contribution in [1.82, 2.24) is 0 Å². The monoisotopic (exact) mass is 556 g/mol. The van der Waals surface area contributed by atoms with E-state index in [0.29, 0.717) is 11.6 Å². The lowest BCUT2D eigenvalue weighted by atomic mass is 9.93. The lowest BCUT2D eigenvalue weighted by Gasteiger charge is -2.17. The molecule has 0 saturated carbocycles. The molecule has 2 aromatic rings. The Hall–Kier alpha value is -1.48. The molecule has 37 heavy (non-hydrogen) atoms. The lowest BCUT2D eigenvalue weighted by molar-refractivity contribution is 0.481. The van der Waals surface area contributed by atoms with Crippen molar-refractivity contribution in [3.8, 4) is 0 Å².